The Bertz CT molecular complexity index is 1020. The Morgan fingerprint density at radius 1 is 1.19 bits per heavy atom. The van der Waals surface area contributed by atoms with Crippen LogP contribution in [0.25, 0.3) is 0 Å². The molecule has 9 heteroatoms. The molecule has 168 valence electrons. The molecule has 2 N–H and O–H groups in total. The molecule has 0 saturated carbocycles. The number of nitriles is 1. The fraction of sp³-hybridized carbons (Fsp3) is 0.304. The van der Waals surface area contributed by atoms with Gasteiger partial charge in [-0.2, -0.15) is 10.4 Å². The third kappa shape index (κ3) is 7.29. The van der Waals surface area contributed by atoms with Gasteiger partial charge in [-0.15, -0.1) is 0 Å². The van der Waals surface area contributed by atoms with Crippen LogP contribution in [0.3, 0.4) is 0 Å². The van der Waals surface area contributed by atoms with Crippen LogP contribution in [0.1, 0.15) is 36.7 Å². The molecule has 0 aromatic heterocycles. The van der Waals surface area contributed by atoms with Crippen LogP contribution in [0, 0.1) is 17.2 Å². The van der Waals surface area contributed by atoms with E-state index in [4.69, 9.17) is 26.3 Å². The summed E-state index contributed by atoms with van der Waals surface area (Å²) in [5.74, 6) is -0.121. The second kappa shape index (κ2) is 12.3. The number of rotatable bonds is 10. The number of hydrogen-bond donors (Lipinski definition) is 2. The molecule has 0 aliphatic carbocycles. The zero-order valence-electron chi connectivity index (χ0n) is 18.1. The molecule has 1 unspecified atom stereocenters. The Morgan fingerprint density at radius 3 is 2.62 bits per heavy atom. The van der Waals surface area contributed by atoms with Crippen molar-refractivity contribution in [3.8, 4) is 17.6 Å². The van der Waals surface area contributed by atoms with Gasteiger partial charge in [0.05, 0.1) is 12.8 Å². The minimum Gasteiger partial charge on any atom is -0.490 e. The van der Waals surface area contributed by atoms with E-state index in [9.17, 15) is 9.59 Å². The average molecular weight is 457 g/mol. The van der Waals surface area contributed by atoms with E-state index in [0.29, 0.717) is 34.3 Å². The normalized spacial score (nSPS) is 11.6. The molecule has 2 aromatic carbocycles. The first-order chi connectivity index (χ1) is 15.3. The molecule has 0 aliphatic heterocycles. The van der Waals surface area contributed by atoms with Gasteiger partial charge in [0.1, 0.15) is 12.1 Å². The fourth-order valence-corrected chi connectivity index (χ4v) is 2.92. The summed E-state index contributed by atoms with van der Waals surface area (Å²) in [7, 11) is 0. The number of halogens is 1. The van der Waals surface area contributed by atoms with Gasteiger partial charge in [-0.1, -0.05) is 31.5 Å². The van der Waals surface area contributed by atoms with Crippen molar-refractivity contribution in [2.45, 2.75) is 26.8 Å². The minimum atomic E-state index is -0.792. The van der Waals surface area contributed by atoms with Gasteiger partial charge < -0.3 is 14.8 Å². The Hall–Kier alpha value is -3.57. The molecule has 1 atom stereocenters. The smallest absolute Gasteiger partial charge is 0.262 e. The van der Waals surface area contributed by atoms with Crippen LogP contribution >= 0.6 is 11.6 Å². The summed E-state index contributed by atoms with van der Waals surface area (Å²) >= 11 is 5.93. The maximum Gasteiger partial charge on any atom is 0.262 e. The van der Waals surface area contributed by atoms with Gasteiger partial charge in [-0.25, -0.2) is 5.43 Å². The van der Waals surface area contributed by atoms with Crippen LogP contribution in [0.5, 0.6) is 11.5 Å². The standard InChI is InChI=1S/C23H25ClN4O4/c1-4-31-20-12-16(8-9-19(20)32-11-10-25)14-26-28-23(30)21(15(2)3)27-22(29)17-6-5-7-18(24)13-17/h5-9,12-15,21H,4,11H2,1-3H3,(H,27,29)(H,28,30)/b26-14-. The van der Waals surface area contributed by atoms with E-state index in [1.165, 1.54) is 12.3 Å². The van der Waals surface area contributed by atoms with E-state index in [1.54, 1.807) is 36.4 Å². The molecule has 2 amide bonds. The van der Waals surface area contributed by atoms with Crippen molar-refractivity contribution < 1.29 is 19.1 Å². The van der Waals surface area contributed by atoms with Crippen molar-refractivity contribution in [1.82, 2.24) is 10.7 Å². The molecule has 8 nitrogen and oxygen atoms in total. The highest BCUT2D eigenvalue weighted by Gasteiger charge is 2.24. The largest absolute Gasteiger partial charge is 0.490 e. The van der Waals surface area contributed by atoms with E-state index in [0.717, 1.165) is 0 Å². The number of carbonyl (C=O) groups is 2. The van der Waals surface area contributed by atoms with Crippen LogP contribution in [0.15, 0.2) is 47.6 Å². The highest BCUT2D eigenvalue weighted by Crippen LogP contribution is 2.28. The quantitative estimate of drug-likeness (QED) is 0.419. The highest BCUT2D eigenvalue weighted by molar-refractivity contribution is 6.31. The summed E-state index contributed by atoms with van der Waals surface area (Å²) in [5.41, 5.74) is 3.47. The zero-order chi connectivity index (χ0) is 23.5. The first-order valence-electron chi connectivity index (χ1n) is 10.0. The first-order valence-corrected chi connectivity index (χ1v) is 10.4. The van der Waals surface area contributed by atoms with Gasteiger partial charge in [-0.05, 0) is 54.8 Å². The van der Waals surface area contributed by atoms with E-state index in [2.05, 4.69) is 15.8 Å². The van der Waals surface area contributed by atoms with Gasteiger partial charge in [0, 0.05) is 10.6 Å². The summed E-state index contributed by atoms with van der Waals surface area (Å²) in [6.45, 7) is 5.80. The lowest BCUT2D eigenvalue weighted by Crippen LogP contribution is -2.48. The summed E-state index contributed by atoms with van der Waals surface area (Å²) in [6, 6.07) is 12.7. The van der Waals surface area contributed by atoms with Gasteiger partial charge in [0.25, 0.3) is 11.8 Å². The first kappa shape index (κ1) is 24.7. The molecule has 2 aromatic rings. The monoisotopic (exact) mass is 456 g/mol. The lowest BCUT2D eigenvalue weighted by atomic mass is 10.0. The van der Waals surface area contributed by atoms with Crippen molar-refractivity contribution >= 4 is 29.6 Å². The number of nitrogens with one attached hydrogen (secondary N) is 2. The lowest BCUT2D eigenvalue weighted by Gasteiger charge is -2.20. The molecule has 0 saturated heterocycles. The van der Waals surface area contributed by atoms with Crippen LogP contribution < -0.4 is 20.2 Å². The molecule has 2 rings (SSSR count). The van der Waals surface area contributed by atoms with Crippen LogP contribution in [-0.2, 0) is 4.79 Å². The SMILES string of the molecule is CCOc1cc(/C=N\NC(=O)C(NC(=O)c2cccc(Cl)c2)C(C)C)ccc1OCC#N. The predicted octanol–water partition coefficient (Wildman–Crippen LogP) is 3.55. The second-order valence-electron chi connectivity index (χ2n) is 7.03. The van der Waals surface area contributed by atoms with Crippen LogP contribution in [0.2, 0.25) is 5.02 Å². The topological polar surface area (TPSA) is 113 Å². The molecule has 0 heterocycles. The van der Waals surface area contributed by atoms with Crippen LogP contribution in [0.4, 0.5) is 0 Å². The Kier molecular flexibility index (Phi) is 9.51. The average Bonchev–Trinajstić information content (AvgIpc) is 2.76. The van der Waals surface area contributed by atoms with Gasteiger partial charge in [0.15, 0.2) is 18.1 Å². The van der Waals surface area contributed by atoms with E-state index in [1.807, 2.05) is 26.8 Å². The molecule has 0 aliphatic rings. The number of carbonyl (C=O) groups excluding carboxylic acids is 2. The number of hydrogen-bond acceptors (Lipinski definition) is 6. The van der Waals surface area contributed by atoms with E-state index < -0.39 is 17.9 Å². The lowest BCUT2D eigenvalue weighted by molar-refractivity contribution is -0.123. The third-order valence-corrected chi connectivity index (χ3v) is 4.51. The molecular formula is C23H25ClN4O4. The third-order valence-electron chi connectivity index (χ3n) is 4.27. The zero-order valence-corrected chi connectivity index (χ0v) is 18.8. The summed E-state index contributed by atoms with van der Waals surface area (Å²) < 4.78 is 10.9. The van der Waals surface area contributed by atoms with E-state index in [-0.39, 0.29) is 12.5 Å². The summed E-state index contributed by atoms with van der Waals surface area (Å²) in [6.07, 6.45) is 1.45. The van der Waals surface area contributed by atoms with Gasteiger partial charge in [-0.3, -0.25) is 9.59 Å². The highest BCUT2D eigenvalue weighted by atomic mass is 35.5. The predicted molar refractivity (Wildman–Crippen MR) is 122 cm³/mol. The van der Waals surface area contributed by atoms with Crippen molar-refractivity contribution in [1.29, 1.82) is 5.26 Å². The number of amides is 2. The maximum absolute atomic E-state index is 12.6. The number of nitrogens with zero attached hydrogens (tertiary/aromatic N) is 2. The van der Waals surface area contributed by atoms with E-state index >= 15 is 0 Å². The number of ether oxygens (including phenoxy) is 2. The Balaban J connectivity index is 2.05. The Labute approximate surface area is 192 Å². The summed E-state index contributed by atoms with van der Waals surface area (Å²) in [5, 5.41) is 15.8. The van der Waals surface area contributed by atoms with Crippen molar-refractivity contribution in [2.75, 3.05) is 13.2 Å². The maximum atomic E-state index is 12.6. The number of hydrazone groups is 1. The fourth-order valence-electron chi connectivity index (χ4n) is 2.73. The molecule has 32 heavy (non-hydrogen) atoms. The van der Waals surface area contributed by atoms with Crippen molar-refractivity contribution in [2.24, 2.45) is 11.0 Å². The molecule has 0 spiro atoms. The minimum absolute atomic E-state index is 0.0962. The Morgan fingerprint density at radius 2 is 1.97 bits per heavy atom. The molecule has 0 bridgehead atoms. The number of benzene rings is 2. The molecule has 0 radical (unpaired) electrons. The molecule has 0 fully saturated rings. The summed E-state index contributed by atoms with van der Waals surface area (Å²) in [4.78, 5) is 25.1. The van der Waals surface area contributed by atoms with Gasteiger partial charge in [0.2, 0.25) is 0 Å². The van der Waals surface area contributed by atoms with Crippen molar-refractivity contribution in [3.63, 3.8) is 0 Å². The van der Waals surface area contributed by atoms with Crippen LogP contribution in [-0.4, -0.2) is 37.3 Å². The van der Waals surface area contributed by atoms with Gasteiger partial charge >= 0.3 is 0 Å². The van der Waals surface area contributed by atoms with Crippen molar-refractivity contribution in [3.05, 3.63) is 58.6 Å². The second-order valence-corrected chi connectivity index (χ2v) is 7.46. The molecular weight excluding hydrogens is 432 g/mol.